The van der Waals surface area contributed by atoms with Crippen LogP contribution in [0.2, 0.25) is 0 Å². The van der Waals surface area contributed by atoms with Crippen molar-refractivity contribution in [1.29, 1.82) is 0 Å². The Balaban J connectivity index is 1.68. The average molecular weight is 487 g/mol. The predicted molar refractivity (Wildman–Crippen MR) is 137 cm³/mol. The van der Waals surface area contributed by atoms with Gasteiger partial charge in [0.2, 0.25) is 11.8 Å². The SMILES string of the molecule is COC(=O)[C@@H](Cc1c2ccccc2cc2ccccc12)NC(=O)[C@@H](Cc1ccccc1F)NC(C)=O. The molecule has 0 unspecified atom stereocenters. The van der Waals surface area contributed by atoms with E-state index in [1.54, 1.807) is 18.2 Å². The number of halogens is 1. The molecule has 36 heavy (non-hydrogen) atoms. The first-order chi connectivity index (χ1) is 17.4. The summed E-state index contributed by atoms with van der Waals surface area (Å²) in [6.07, 6.45) is 0.107. The molecule has 2 atom stereocenters. The number of amides is 2. The third kappa shape index (κ3) is 5.51. The van der Waals surface area contributed by atoms with Crippen molar-refractivity contribution in [3.05, 3.63) is 95.8 Å². The Labute approximate surface area is 208 Å². The van der Waals surface area contributed by atoms with Gasteiger partial charge in [0.25, 0.3) is 0 Å². The number of ether oxygens (including phenoxy) is 1. The van der Waals surface area contributed by atoms with Gasteiger partial charge in [0.05, 0.1) is 7.11 Å². The summed E-state index contributed by atoms with van der Waals surface area (Å²) in [4.78, 5) is 37.9. The van der Waals surface area contributed by atoms with E-state index in [1.165, 1.54) is 20.1 Å². The number of benzene rings is 4. The lowest BCUT2D eigenvalue weighted by molar-refractivity contribution is -0.145. The third-order valence-electron chi connectivity index (χ3n) is 6.17. The van der Waals surface area contributed by atoms with Gasteiger partial charge in [-0.25, -0.2) is 9.18 Å². The highest BCUT2D eigenvalue weighted by Gasteiger charge is 2.29. The lowest BCUT2D eigenvalue weighted by Gasteiger charge is -2.23. The van der Waals surface area contributed by atoms with Crippen LogP contribution in [0.1, 0.15) is 18.1 Å². The van der Waals surface area contributed by atoms with Crippen molar-refractivity contribution in [2.45, 2.75) is 31.8 Å². The van der Waals surface area contributed by atoms with E-state index in [0.29, 0.717) is 0 Å². The molecule has 4 rings (SSSR count). The van der Waals surface area contributed by atoms with E-state index in [0.717, 1.165) is 27.1 Å². The Morgan fingerprint density at radius 3 is 1.97 bits per heavy atom. The molecular weight excluding hydrogens is 459 g/mol. The fourth-order valence-electron chi connectivity index (χ4n) is 4.48. The van der Waals surface area contributed by atoms with E-state index < -0.39 is 35.7 Å². The van der Waals surface area contributed by atoms with Crippen LogP contribution < -0.4 is 10.6 Å². The molecule has 0 fully saturated rings. The molecule has 7 heteroatoms. The van der Waals surface area contributed by atoms with Crippen LogP contribution in [-0.4, -0.2) is 37.0 Å². The fourth-order valence-corrected chi connectivity index (χ4v) is 4.48. The van der Waals surface area contributed by atoms with Crippen molar-refractivity contribution in [3.63, 3.8) is 0 Å². The van der Waals surface area contributed by atoms with Crippen molar-refractivity contribution >= 4 is 39.3 Å². The second-order valence-electron chi connectivity index (χ2n) is 8.63. The van der Waals surface area contributed by atoms with Crippen molar-refractivity contribution in [3.8, 4) is 0 Å². The van der Waals surface area contributed by atoms with Gasteiger partial charge in [0, 0.05) is 19.8 Å². The predicted octanol–water partition coefficient (Wildman–Crippen LogP) is 4.08. The third-order valence-corrected chi connectivity index (χ3v) is 6.17. The number of hydrogen-bond acceptors (Lipinski definition) is 4. The summed E-state index contributed by atoms with van der Waals surface area (Å²) in [6, 6.07) is 21.7. The zero-order valence-electron chi connectivity index (χ0n) is 20.1. The normalized spacial score (nSPS) is 12.6. The summed E-state index contributed by atoms with van der Waals surface area (Å²) < 4.78 is 19.3. The first kappa shape index (κ1) is 24.9. The standard InChI is InChI=1S/C29H27FN2O4/c1-18(33)31-26(16-21-11-5-8-14-25(21)30)28(34)32-27(29(35)36-2)17-24-22-12-6-3-9-19(22)15-20-10-4-7-13-23(20)24/h3-15,26-27H,16-17H2,1-2H3,(H,31,33)(H,32,34)/t26-,27-/m1/s1. The molecule has 2 amide bonds. The van der Waals surface area contributed by atoms with Gasteiger partial charge in [-0.05, 0) is 44.8 Å². The summed E-state index contributed by atoms with van der Waals surface area (Å²) in [6.45, 7) is 1.28. The van der Waals surface area contributed by atoms with E-state index in [2.05, 4.69) is 16.7 Å². The molecular formula is C29H27FN2O4. The van der Waals surface area contributed by atoms with Gasteiger partial charge >= 0.3 is 5.97 Å². The van der Waals surface area contributed by atoms with Gasteiger partial charge in [-0.2, -0.15) is 0 Å². The minimum absolute atomic E-state index is 0.0663. The van der Waals surface area contributed by atoms with Crippen LogP contribution >= 0.6 is 0 Å². The smallest absolute Gasteiger partial charge is 0.328 e. The maximum Gasteiger partial charge on any atom is 0.328 e. The highest BCUT2D eigenvalue weighted by atomic mass is 19.1. The lowest BCUT2D eigenvalue weighted by atomic mass is 9.92. The molecule has 0 saturated heterocycles. The van der Waals surface area contributed by atoms with E-state index in [4.69, 9.17) is 4.74 Å². The molecule has 4 aromatic carbocycles. The first-order valence-corrected chi connectivity index (χ1v) is 11.7. The van der Waals surface area contributed by atoms with E-state index in [1.807, 2.05) is 48.5 Å². The minimum Gasteiger partial charge on any atom is -0.467 e. The van der Waals surface area contributed by atoms with Gasteiger partial charge in [0.1, 0.15) is 17.9 Å². The topological polar surface area (TPSA) is 84.5 Å². The first-order valence-electron chi connectivity index (χ1n) is 11.7. The van der Waals surface area contributed by atoms with E-state index >= 15 is 0 Å². The molecule has 0 aliphatic carbocycles. The summed E-state index contributed by atoms with van der Waals surface area (Å²) in [7, 11) is 1.26. The number of carbonyl (C=O) groups is 3. The van der Waals surface area contributed by atoms with Gasteiger partial charge in [-0.15, -0.1) is 0 Å². The molecule has 0 heterocycles. The lowest BCUT2D eigenvalue weighted by Crippen LogP contribution is -2.53. The highest BCUT2D eigenvalue weighted by Crippen LogP contribution is 2.29. The molecule has 0 radical (unpaired) electrons. The second kappa shape index (κ2) is 11.0. The van der Waals surface area contributed by atoms with Crippen LogP contribution in [0.5, 0.6) is 0 Å². The van der Waals surface area contributed by atoms with Crippen LogP contribution in [0.15, 0.2) is 78.9 Å². The summed E-state index contributed by atoms with van der Waals surface area (Å²) in [5, 5.41) is 9.26. The summed E-state index contributed by atoms with van der Waals surface area (Å²) >= 11 is 0. The quantitative estimate of drug-likeness (QED) is 0.290. The van der Waals surface area contributed by atoms with Crippen LogP contribution in [0.3, 0.4) is 0 Å². The van der Waals surface area contributed by atoms with Gasteiger partial charge < -0.3 is 15.4 Å². The van der Waals surface area contributed by atoms with Crippen molar-refractivity contribution in [2.24, 2.45) is 0 Å². The number of carbonyl (C=O) groups excluding carboxylic acids is 3. The molecule has 0 bridgehead atoms. The molecule has 0 aromatic heterocycles. The van der Waals surface area contributed by atoms with Crippen LogP contribution in [0.4, 0.5) is 4.39 Å². The molecule has 2 N–H and O–H groups in total. The number of esters is 1. The molecule has 0 saturated carbocycles. The number of hydrogen-bond donors (Lipinski definition) is 2. The van der Waals surface area contributed by atoms with Gasteiger partial charge in [0.15, 0.2) is 0 Å². The minimum atomic E-state index is -1.07. The Morgan fingerprint density at radius 2 is 1.39 bits per heavy atom. The van der Waals surface area contributed by atoms with Crippen LogP contribution in [0, 0.1) is 5.82 Å². The number of fused-ring (bicyclic) bond motifs is 2. The molecule has 6 nitrogen and oxygen atoms in total. The van der Waals surface area contributed by atoms with Gasteiger partial charge in [-0.3, -0.25) is 9.59 Å². The molecule has 0 aliphatic heterocycles. The zero-order valence-corrected chi connectivity index (χ0v) is 20.1. The van der Waals surface area contributed by atoms with E-state index in [-0.39, 0.29) is 18.4 Å². The fraction of sp³-hybridized carbons (Fsp3) is 0.207. The molecule has 4 aromatic rings. The number of nitrogens with one attached hydrogen (secondary N) is 2. The Morgan fingerprint density at radius 1 is 0.806 bits per heavy atom. The van der Waals surface area contributed by atoms with Crippen LogP contribution in [-0.2, 0) is 32.0 Å². The van der Waals surface area contributed by atoms with Gasteiger partial charge in [-0.1, -0.05) is 66.7 Å². The van der Waals surface area contributed by atoms with Crippen LogP contribution in [0.25, 0.3) is 21.5 Å². The highest BCUT2D eigenvalue weighted by molar-refractivity contribution is 6.03. The Hall–Kier alpha value is -4.26. The van der Waals surface area contributed by atoms with E-state index in [9.17, 15) is 18.8 Å². The molecule has 0 aliphatic rings. The maximum atomic E-state index is 14.3. The zero-order chi connectivity index (χ0) is 25.7. The van der Waals surface area contributed by atoms with Crippen molar-refractivity contribution in [2.75, 3.05) is 7.11 Å². The molecule has 184 valence electrons. The van der Waals surface area contributed by atoms with Crippen molar-refractivity contribution < 1.29 is 23.5 Å². The summed E-state index contributed by atoms with van der Waals surface area (Å²) in [5.41, 5.74) is 1.17. The van der Waals surface area contributed by atoms with Crippen molar-refractivity contribution in [1.82, 2.24) is 10.6 Å². The largest absolute Gasteiger partial charge is 0.467 e. The average Bonchev–Trinajstić information content (AvgIpc) is 2.88. The molecule has 0 spiro atoms. The number of methoxy groups -OCH3 is 1. The monoisotopic (exact) mass is 486 g/mol. The Bertz CT molecular complexity index is 1380. The maximum absolute atomic E-state index is 14.3. The number of rotatable bonds is 8. The summed E-state index contributed by atoms with van der Waals surface area (Å²) in [5.74, 6) is -2.14. The Kier molecular flexibility index (Phi) is 7.59. The second-order valence-corrected chi connectivity index (χ2v) is 8.63.